The van der Waals surface area contributed by atoms with Gasteiger partial charge in [-0.3, -0.25) is 4.98 Å². The van der Waals surface area contributed by atoms with Gasteiger partial charge in [-0.15, -0.1) is 11.3 Å². The van der Waals surface area contributed by atoms with Crippen LogP contribution in [-0.4, -0.2) is 11.2 Å². The second-order valence-corrected chi connectivity index (χ2v) is 5.83. The van der Waals surface area contributed by atoms with E-state index in [-0.39, 0.29) is 6.23 Å². The predicted molar refractivity (Wildman–Crippen MR) is 76.6 cm³/mol. The smallest absolute Gasteiger partial charge is 0.179 e. The third-order valence-electron chi connectivity index (χ3n) is 3.53. The van der Waals surface area contributed by atoms with Crippen LogP contribution in [0.2, 0.25) is 0 Å². The molecule has 1 aromatic carbocycles. The molecule has 1 saturated carbocycles. The molecule has 1 aliphatic carbocycles. The number of aromatic nitrogens is 1. The van der Waals surface area contributed by atoms with E-state index in [1.54, 1.807) is 11.3 Å². The average molecular weight is 270 g/mol. The standard InChI is InChI=1S/C15H14N2OS/c1-2-4-12(5-3-1)17-9-13(14-8-16-10-19-14)18-15(17)11-6-7-11/h1-5,8-11,15H,6-7H2. The molecule has 3 nitrogen and oxygen atoms in total. The van der Waals surface area contributed by atoms with Crippen molar-refractivity contribution in [1.29, 1.82) is 0 Å². The highest BCUT2D eigenvalue weighted by Gasteiger charge is 2.40. The van der Waals surface area contributed by atoms with Crippen LogP contribution in [-0.2, 0) is 4.74 Å². The number of hydrogen-bond donors (Lipinski definition) is 0. The van der Waals surface area contributed by atoms with E-state index in [9.17, 15) is 0 Å². The van der Waals surface area contributed by atoms with E-state index in [1.165, 1.54) is 18.5 Å². The summed E-state index contributed by atoms with van der Waals surface area (Å²) in [7, 11) is 0. The number of para-hydroxylation sites is 1. The first-order chi connectivity index (χ1) is 9.42. The molecule has 0 N–H and O–H groups in total. The fraction of sp³-hybridized carbons (Fsp3) is 0.267. The Hall–Kier alpha value is -1.81. The molecule has 96 valence electrons. The molecule has 4 rings (SSSR count). The number of hydrogen-bond acceptors (Lipinski definition) is 4. The van der Waals surface area contributed by atoms with Crippen LogP contribution < -0.4 is 4.90 Å². The fourth-order valence-corrected chi connectivity index (χ4v) is 2.98. The van der Waals surface area contributed by atoms with Crippen LogP contribution in [0, 0.1) is 5.92 Å². The van der Waals surface area contributed by atoms with Gasteiger partial charge in [0.2, 0.25) is 0 Å². The first-order valence-electron chi connectivity index (χ1n) is 6.52. The van der Waals surface area contributed by atoms with Crippen molar-refractivity contribution in [3.63, 3.8) is 0 Å². The van der Waals surface area contributed by atoms with Crippen molar-refractivity contribution in [2.24, 2.45) is 5.92 Å². The normalized spacial score (nSPS) is 22.2. The Bertz CT molecular complexity index is 590. The molecule has 0 amide bonds. The zero-order chi connectivity index (χ0) is 12.7. The summed E-state index contributed by atoms with van der Waals surface area (Å²) in [5.74, 6) is 1.60. The van der Waals surface area contributed by atoms with Crippen molar-refractivity contribution < 1.29 is 4.74 Å². The molecule has 1 unspecified atom stereocenters. The molecule has 1 aliphatic heterocycles. The third kappa shape index (κ3) is 2.02. The number of nitrogens with zero attached hydrogens (tertiary/aromatic N) is 2. The molecule has 19 heavy (non-hydrogen) atoms. The van der Waals surface area contributed by atoms with Crippen molar-refractivity contribution in [3.8, 4) is 0 Å². The van der Waals surface area contributed by atoms with E-state index in [0.717, 1.165) is 10.6 Å². The molecule has 4 heteroatoms. The maximum Gasteiger partial charge on any atom is 0.179 e. The quantitative estimate of drug-likeness (QED) is 0.850. The van der Waals surface area contributed by atoms with E-state index in [0.29, 0.717) is 5.92 Å². The number of anilines is 1. The van der Waals surface area contributed by atoms with Gasteiger partial charge < -0.3 is 9.64 Å². The van der Waals surface area contributed by atoms with Crippen molar-refractivity contribution >= 4 is 22.8 Å². The van der Waals surface area contributed by atoms with Crippen LogP contribution in [0.25, 0.3) is 5.76 Å². The summed E-state index contributed by atoms with van der Waals surface area (Å²) in [5, 5.41) is 0. The Morgan fingerprint density at radius 3 is 2.74 bits per heavy atom. The van der Waals surface area contributed by atoms with Crippen molar-refractivity contribution in [2.75, 3.05) is 4.90 Å². The predicted octanol–water partition coefficient (Wildman–Crippen LogP) is 3.71. The van der Waals surface area contributed by atoms with E-state index in [2.05, 4.69) is 40.3 Å². The Morgan fingerprint density at radius 2 is 2.05 bits per heavy atom. The maximum atomic E-state index is 6.15. The van der Waals surface area contributed by atoms with E-state index in [1.807, 2.05) is 17.8 Å². The van der Waals surface area contributed by atoms with E-state index >= 15 is 0 Å². The first kappa shape index (κ1) is 11.1. The average Bonchev–Trinajstić information content (AvgIpc) is 3.00. The third-order valence-corrected chi connectivity index (χ3v) is 4.32. The molecular formula is C15H14N2OS. The number of rotatable bonds is 3. The van der Waals surface area contributed by atoms with Crippen LogP contribution in [0.1, 0.15) is 17.7 Å². The maximum absolute atomic E-state index is 6.15. The number of ether oxygens (including phenoxy) is 1. The van der Waals surface area contributed by atoms with E-state index < -0.39 is 0 Å². The molecule has 1 atom stereocenters. The van der Waals surface area contributed by atoms with Crippen LogP contribution in [0.3, 0.4) is 0 Å². The molecular weight excluding hydrogens is 256 g/mol. The van der Waals surface area contributed by atoms with Gasteiger partial charge in [-0.1, -0.05) is 18.2 Å². The Morgan fingerprint density at radius 1 is 1.21 bits per heavy atom. The van der Waals surface area contributed by atoms with Crippen LogP contribution in [0.4, 0.5) is 5.69 Å². The minimum Gasteiger partial charge on any atom is -0.467 e. The lowest BCUT2D eigenvalue weighted by molar-refractivity contribution is 0.170. The highest BCUT2D eigenvalue weighted by atomic mass is 32.1. The van der Waals surface area contributed by atoms with Gasteiger partial charge in [0.05, 0.1) is 16.6 Å². The zero-order valence-corrected chi connectivity index (χ0v) is 11.2. The summed E-state index contributed by atoms with van der Waals surface area (Å²) in [6.45, 7) is 0. The lowest BCUT2D eigenvalue weighted by atomic mass is 10.2. The van der Waals surface area contributed by atoms with Gasteiger partial charge in [0.25, 0.3) is 0 Å². The Balaban J connectivity index is 1.69. The first-order valence-corrected chi connectivity index (χ1v) is 7.40. The minimum atomic E-state index is 0.152. The van der Waals surface area contributed by atoms with Crippen molar-refractivity contribution in [2.45, 2.75) is 19.1 Å². The summed E-state index contributed by atoms with van der Waals surface area (Å²) in [6, 6.07) is 10.4. The molecule has 2 heterocycles. The fourth-order valence-electron chi connectivity index (χ4n) is 2.40. The van der Waals surface area contributed by atoms with Crippen molar-refractivity contribution in [3.05, 3.63) is 53.1 Å². The molecule has 2 aliphatic rings. The molecule has 1 fully saturated rings. The van der Waals surface area contributed by atoms with Gasteiger partial charge in [0, 0.05) is 17.8 Å². The summed E-state index contributed by atoms with van der Waals surface area (Å²) < 4.78 is 6.15. The topological polar surface area (TPSA) is 25.4 Å². The highest BCUT2D eigenvalue weighted by molar-refractivity contribution is 7.10. The van der Waals surface area contributed by atoms with Crippen LogP contribution in [0.5, 0.6) is 0 Å². The van der Waals surface area contributed by atoms with Gasteiger partial charge in [-0.05, 0) is 25.0 Å². The number of thiazole rings is 1. The molecule has 0 spiro atoms. The molecule has 0 bridgehead atoms. The summed E-state index contributed by atoms with van der Waals surface area (Å²) in [5.41, 5.74) is 3.04. The van der Waals surface area contributed by atoms with Gasteiger partial charge in [-0.25, -0.2) is 0 Å². The summed E-state index contributed by atoms with van der Waals surface area (Å²) in [6.07, 6.45) is 6.66. The Kier molecular flexibility index (Phi) is 2.55. The number of benzene rings is 1. The lowest BCUT2D eigenvalue weighted by Gasteiger charge is -2.24. The molecule has 1 aromatic heterocycles. The molecule has 2 aromatic rings. The highest BCUT2D eigenvalue weighted by Crippen LogP contribution is 2.43. The van der Waals surface area contributed by atoms with Gasteiger partial charge in [-0.2, -0.15) is 0 Å². The molecule has 0 radical (unpaired) electrons. The monoisotopic (exact) mass is 270 g/mol. The van der Waals surface area contributed by atoms with Gasteiger partial charge in [0.1, 0.15) is 0 Å². The summed E-state index contributed by atoms with van der Waals surface area (Å²) >= 11 is 1.62. The SMILES string of the molecule is C1=C(c2cncs2)OC(C2CC2)N1c1ccccc1. The van der Waals surface area contributed by atoms with E-state index in [4.69, 9.17) is 4.74 Å². The van der Waals surface area contributed by atoms with Crippen LogP contribution in [0.15, 0.2) is 48.2 Å². The summed E-state index contributed by atoms with van der Waals surface area (Å²) in [4.78, 5) is 7.49. The Labute approximate surface area is 116 Å². The van der Waals surface area contributed by atoms with Crippen LogP contribution >= 0.6 is 11.3 Å². The second-order valence-electron chi connectivity index (χ2n) is 4.95. The van der Waals surface area contributed by atoms with Gasteiger partial charge in [0.15, 0.2) is 12.0 Å². The van der Waals surface area contributed by atoms with Crippen molar-refractivity contribution in [1.82, 2.24) is 4.98 Å². The largest absolute Gasteiger partial charge is 0.467 e. The lowest BCUT2D eigenvalue weighted by Crippen LogP contribution is -2.29. The minimum absolute atomic E-state index is 0.152. The zero-order valence-electron chi connectivity index (χ0n) is 10.4. The molecule has 0 saturated heterocycles. The second kappa shape index (κ2) is 4.38. The van der Waals surface area contributed by atoms with Gasteiger partial charge >= 0.3 is 0 Å².